The molecule has 0 saturated carbocycles. The summed E-state index contributed by atoms with van der Waals surface area (Å²) in [7, 11) is 0. The molecule has 0 spiro atoms. The first-order valence-corrected chi connectivity index (χ1v) is 6.93. The molecule has 0 saturated heterocycles. The van der Waals surface area contributed by atoms with Gasteiger partial charge >= 0.3 is 0 Å². The first kappa shape index (κ1) is 11.5. The topological polar surface area (TPSA) is 53.2 Å². The van der Waals surface area contributed by atoms with Gasteiger partial charge in [0.25, 0.3) is 11.8 Å². The van der Waals surface area contributed by atoms with E-state index in [1.807, 2.05) is 30.5 Å². The lowest BCUT2D eigenvalue weighted by molar-refractivity contribution is -0.120. The van der Waals surface area contributed by atoms with Crippen LogP contribution in [-0.2, 0) is 9.59 Å². The molecule has 2 heterocycles. The predicted octanol–water partition coefficient (Wildman–Crippen LogP) is 2.91. The molecule has 4 nitrogen and oxygen atoms in total. The summed E-state index contributed by atoms with van der Waals surface area (Å²) in [4.78, 5) is 29.4. The van der Waals surface area contributed by atoms with E-state index in [4.69, 9.17) is 0 Å². The van der Waals surface area contributed by atoms with Crippen molar-refractivity contribution in [1.82, 2.24) is 4.98 Å². The number of amides is 2. The molecule has 1 aromatic heterocycles. The third-order valence-corrected chi connectivity index (χ3v) is 4.19. The van der Waals surface area contributed by atoms with Gasteiger partial charge in [0, 0.05) is 28.2 Å². The quantitative estimate of drug-likeness (QED) is 0.807. The maximum Gasteiger partial charge on any atom is 0.261 e. The number of rotatable bonds is 1. The molecule has 4 heteroatoms. The highest BCUT2D eigenvalue weighted by Gasteiger charge is 2.39. The van der Waals surface area contributed by atoms with E-state index in [1.165, 1.54) is 4.90 Å². The summed E-state index contributed by atoms with van der Waals surface area (Å²) in [6, 6.07) is 7.56. The van der Waals surface area contributed by atoms with Crippen LogP contribution in [0.1, 0.15) is 25.7 Å². The smallest absolute Gasteiger partial charge is 0.261 e. The monoisotopic (exact) mass is 266 g/mol. The Morgan fingerprint density at radius 3 is 2.35 bits per heavy atom. The Balaban J connectivity index is 1.79. The second-order valence-corrected chi connectivity index (χ2v) is 5.36. The van der Waals surface area contributed by atoms with E-state index >= 15 is 0 Å². The summed E-state index contributed by atoms with van der Waals surface area (Å²) in [6.07, 6.45) is 5.34. The Labute approximate surface area is 116 Å². The number of nitrogens with one attached hydrogen (secondary N) is 1. The number of carbonyl (C=O) groups excluding carboxylic acids is 2. The summed E-state index contributed by atoms with van der Waals surface area (Å²) in [5, 5.41) is 1.01. The largest absolute Gasteiger partial charge is 0.361 e. The minimum atomic E-state index is -0.125. The van der Waals surface area contributed by atoms with Gasteiger partial charge in [-0.25, -0.2) is 4.90 Å². The Hall–Kier alpha value is -2.36. The molecule has 1 N–H and O–H groups in total. The number of nitrogens with zero attached hydrogens (tertiary/aromatic N) is 1. The molecule has 0 unspecified atom stereocenters. The van der Waals surface area contributed by atoms with Crippen molar-refractivity contribution in [2.24, 2.45) is 0 Å². The lowest BCUT2D eigenvalue weighted by Gasteiger charge is -2.15. The minimum Gasteiger partial charge on any atom is -0.361 e. The van der Waals surface area contributed by atoms with Crippen LogP contribution < -0.4 is 4.90 Å². The van der Waals surface area contributed by atoms with Crippen molar-refractivity contribution in [2.45, 2.75) is 25.7 Å². The Morgan fingerprint density at radius 1 is 0.950 bits per heavy atom. The van der Waals surface area contributed by atoms with Crippen LogP contribution in [0.3, 0.4) is 0 Å². The van der Waals surface area contributed by atoms with Crippen LogP contribution in [0, 0.1) is 0 Å². The number of carbonyl (C=O) groups is 2. The number of fused-ring (bicyclic) bond motifs is 1. The predicted molar refractivity (Wildman–Crippen MR) is 76.3 cm³/mol. The first-order chi connectivity index (χ1) is 9.75. The fourth-order valence-electron chi connectivity index (χ4n) is 3.15. The van der Waals surface area contributed by atoms with Gasteiger partial charge in [0.1, 0.15) is 0 Å². The van der Waals surface area contributed by atoms with Crippen LogP contribution in [-0.4, -0.2) is 16.8 Å². The lowest BCUT2D eigenvalue weighted by Crippen LogP contribution is -2.31. The van der Waals surface area contributed by atoms with Gasteiger partial charge in [-0.1, -0.05) is 0 Å². The number of hydrogen-bond acceptors (Lipinski definition) is 2. The first-order valence-electron chi connectivity index (χ1n) is 6.93. The van der Waals surface area contributed by atoms with E-state index in [-0.39, 0.29) is 11.8 Å². The van der Waals surface area contributed by atoms with Crippen LogP contribution in [0.25, 0.3) is 10.9 Å². The zero-order chi connectivity index (χ0) is 13.7. The number of hydrogen-bond donors (Lipinski definition) is 1. The molecule has 1 aromatic carbocycles. The van der Waals surface area contributed by atoms with E-state index in [1.54, 1.807) is 0 Å². The maximum absolute atomic E-state index is 12.5. The molecule has 100 valence electrons. The molecule has 1 aliphatic heterocycles. The van der Waals surface area contributed by atoms with E-state index in [0.717, 1.165) is 47.7 Å². The van der Waals surface area contributed by atoms with Crippen molar-refractivity contribution in [3.63, 3.8) is 0 Å². The van der Waals surface area contributed by atoms with Gasteiger partial charge in [-0.15, -0.1) is 0 Å². The number of anilines is 1. The van der Waals surface area contributed by atoms with Gasteiger partial charge < -0.3 is 4.98 Å². The average molecular weight is 266 g/mol. The zero-order valence-corrected chi connectivity index (χ0v) is 11.0. The highest BCUT2D eigenvalue weighted by Crippen LogP contribution is 2.36. The van der Waals surface area contributed by atoms with E-state index in [2.05, 4.69) is 4.98 Å². The van der Waals surface area contributed by atoms with E-state index in [9.17, 15) is 9.59 Å². The summed E-state index contributed by atoms with van der Waals surface area (Å²) >= 11 is 0. The van der Waals surface area contributed by atoms with E-state index < -0.39 is 0 Å². The summed E-state index contributed by atoms with van der Waals surface area (Å²) in [5.41, 5.74) is 3.14. The molecule has 2 aliphatic rings. The SMILES string of the molecule is O=C1C2=C(CCCC2)C(=O)N1c1ccc2[nH]ccc2c1. The highest BCUT2D eigenvalue weighted by molar-refractivity contribution is 6.33. The van der Waals surface area contributed by atoms with Crippen molar-refractivity contribution >= 4 is 28.4 Å². The van der Waals surface area contributed by atoms with E-state index in [0.29, 0.717) is 5.69 Å². The molecule has 0 radical (unpaired) electrons. The van der Waals surface area contributed by atoms with Crippen molar-refractivity contribution in [1.29, 1.82) is 0 Å². The van der Waals surface area contributed by atoms with Crippen molar-refractivity contribution in [2.75, 3.05) is 4.90 Å². The average Bonchev–Trinajstić information content (AvgIpc) is 3.03. The number of imide groups is 1. The summed E-state index contributed by atoms with van der Waals surface area (Å²) in [5.74, 6) is -0.251. The Bertz CT molecular complexity index is 742. The van der Waals surface area contributed by atoms with Gasteiger partial charge in [0.15, 0.2) is 0 Å². The normalized spacial score (nSPS) is 19.1. The highest BCUT2D eigenvalue weighted by atomic mass is 16.2. The van der Waals surface area contributed by atoms with Crippen molar-refractivity contribution in [3.05, 3.63) is 41.6 Å². The molecule has 20 heavy (non-hydrogen) atoms. The van der Waals surface area contributed by atoms with Gasteiger partial charge in [0.2, 0.25) is 0 Å². The number of aromatic amines is 1. The second-order valence-electron chi connectivity index (χ2n) is 5.36. The third-order valence-electron chi connectivity index (χ3n) is 4.19. The molecule has 0 bridgehead atoms. The maximum atomic E-state index is 12.5. The second kappa shape index (κ2) is 4.07. The number of benzene rings is 1. The Morgan fingerprint density at radius 2 is 1.65 bits per heavy atom. The molecule has 4 rings (SSSR count). The van der Waals surface area contributed by atoms with Gasteiger partial charge in [-0.3, -0.25) is 9.59 Å². The van der Waals surface area contributed by atoms with Crippen LogP contribution >= 0.6 is 0 Å². The van der Waals surface area contributed by atoms with Gasteiger partial charge in [-0.05, 0) is 49.9 Å². The number of H-pyrrole nitrogens is 1. The number of aromatic nitrogens is 1. The summed E-state index contributed by atoms with van der Waals surface area (Å²) < 4.78 is 0. The van der Waals surface area contributed by atoms with Gasteiger partial charge in [0.05, 0.1) is 5.69 Å². The molecule has 1 aliphatic carbocycles. The van der Waals surface area contributed by atoms with Crippen LogP contribution in [0.2, 0.25) is 0 Å². The Kier molecular flexibility index (Phi) is 2.33. The van der Waals surface area contributed by atoms with Crippen LogP contribution in [0.15, 0.2) is 41.6 Å². The summed E-state index contributed by atoms with van der Waals surface area (Å²) in [6.45, 7) is 0. The molecule has 2 aromatic rings. The van der Waals surface area contributed by atoms with Crippen LogP contribution in [0.4, 0.5) is 5.69 Å². The standard InChI is InChI=1S/C16H14N2O2/c19-15-12-3-1-2-4-13(12)16(20)18(15)11-5-6-14-10(9-11)7-8-17-14/h5-9,17H,1-4H2. The zero-order valence-electron chi connectivity index (χ0n) is 11.0. The van der Waals surface area contributed by atoms with Gasteiger partial charge in [-0.2, -0.15) is 0 Å². The third kappa shape index (κ3) is 1.48. The van der Waals surface area contributed by atoms with Crippen molar-refractivity contribution < 1.29 is 9.59 Å². The molecule has 0 atom stereocenters. The molecular weight excluding hydrogens is 252 g/mol. The molecule has 2 amide bonds. The fraction of sp³-hybridized carbons (Fsp3) is 0.250. The molecular formula is C16H14N2O2. The fourth-order valence-corrected chi connectivity index (χ4v) is 3.15. The van der Waals surface area contributed by atoms with Crippen LogP contribution in [0.5, 0.6) is 0 Å². The lowest BCUT2D eigenvalue weighted by atomic mass is 9.93. The molecule has 0 fully saturated rings. The minimum absolute atomic E-state index is 0.125. The van der Waals surface area contributed by atoms with Crippen molar-refractivity contribution in [3.8, 4) is 0 Å².